The molecular weight excluding hydrogens is 644 g/mol. The smallest absolute Gasteiger partial charge is 0.303 e. The molecule has 49 heavy (non-hydrogen) atoms. The minimum atomic E-state index is -4.01. The Kier molecular flexibility index (Phi) is 7.90. The summed E-state index contributed by atoms with van der Waals surface area (Å²) in [6.07, 6.45) is 7.16. The molecule has 2 amide bonds. The van der Waals surface area contributed by atoms with Gasteiger partial charge in [0.2, 0.25) is 5.91 Å². The molecule has 8 rings (SSSR count). The summed E-state index contributed by atoms with van der Waals surface area (Å²) in [5.41, 5.74) is 4.58. The first-order chi connectivity index (χ1) is 23.4. The van der Waals surface area contributed by atoms with Crippen molar-refractivity contribution in [3.63, 3.8) is 0 Å². The van der Waals surface area contributed by atoms with E-state index in [1.165, 1.54) is 26.1 Å². The Balaban J connectivity index is 1.33. The molecule has 0 spiro atoms. The van der Waals surface area contributed by atoms with Crippen LogP contribution in [0.5, 0.6) is 5.75 Å². The quantitative estimate of drug-likeness (QED) is 0.351. The molecule has 0 radical (unpaired) electrons. The fraction of sp³-hybridized carbons (Fsp3) is 0.568. The molecule has 11 nitrogen and oxygen atoms in total. The summed E-state index contributed by atoms with van der Waals surface area (Å²) in [5.74, 6) is 0.177. The second-order valence-electron chi connectivity index (χ2n) is 15.1. The van der Waals surface area contributed by atoms with Crippen LogP contribution < -0.4 is 9.46 Å². The zero-order valence-corrected chi connectivity index (χ0v) is 29.2. The summed E-state index contributed by atoms with van der Waals surface area (Å²) in [4.78, 5) is 30.3. The number of aromatic nitrogens is 1. The number of nitrogens with one attached hydrogen (secondary N) is 1. The van der Waals surface area contributed by atoms with Crippen LogP contribution in [-0.4, -0.2) is 89.7 Å². The number of carbonyl (C=O) groups is 2. The van der Waals surface area contributed by atoms with Gasteiger partial charge in [0.05, 0.1) is 42.5 Å². The van der Waals surface area contributed by atoms with Gasteiger partial charge in [0.1, 0.15) is 5.75 Å². The van der Waals surface area contributed by atoms with E-state index in [0.29, 0.717) is 44.6 Å². The Morgan fingerprint density at radius 3 is 2.29 bits per heavy atom. The Bertz CT molecular complexity index is 1930. The number of benzene rings is 2. The van der Waals surface area contributed by atoms with Gasteiger partial charge in [-0.1, -0.05) is 25.3 Å². The van der Waals surface area contributed by atoms with Crippen LogP contribution >= 0.6 is 0 Å². The maximum atomic E-state index is 15.1. The number of piperidine rings is 2. The Labute approximate surface area is 287 Å². The summed E-state index contributed by atoms with van der Waals surface area (Å²) in [7, 11) is 0.372. The van der Waals surface area contributed by atoms with Crippen LogP contribution in [0.2, 0.25) is 0 Å². The number of aliphatic hydroxyl groups is 2. The van der Waals surface area contributed by atoms with E-state index in [4.69, 9.17) is 4.74 Å². The summed E-state index contributed by atoms with van der Waals surface area (Å²) in [5, 5.41) is 23.1. The summed E-state index contributed by atoms with van der Waals surface area (Å²) in [6.45, 7) is 0.370. The number of carbonyl (C=O) groups excluding carboxylic acids is 2. The van der Waals surface area contributed by atoms with Gasteiger partial charge in [0.25, 0.3) is 5.91 Å². The SMILES string of the molecule is COc1ccc2c(c1)[C@@H]1C[C@]1(C(=O)N1C3CCC(O)C1CCC3O)Cn1c-2c(C2CCCCC2)c2ccc(C(=O)NS(=O)(=O)N(C)C)cc21. The standard InChI is InChI=1S/C37H46N4O7S/c1-39(2)49(46,47)38-35(44)22-9-11-25-30(17-22)40-20-37(36(45)41-28-13-15-31(42)29(41)14-16-32(28)43)19-27(37)26-18-23(48-3)10-12-24(26)34(40)33(25)21-7-5-4-6-8-21/h9-12,17-18,21,27-29,31-32,42-43H,4-8,13-16,19-20H2,1-3H3,(H,38,44)/t27-,28?,29?,31?,32?,37-/m0/s1. The van der Waals surface area contributed by atoms with E-state index >= 15 is 4.79 Å². The largest absolute Gasteiger partial charge is 0.497 e. The van der Waals surface area contributed by atoms with E-state index in [1.807, 2.05) is 17.0 Å². The normalized spacial score (nSPS) is 29.5. The minimum absolute atomic E-state index is 0.0290. The molecule has 4 unspecified atom stereocenters. The average Bonchev–Trinajstić information content (AvgIpc) is 3.76. The number of ether oxygens (including phenoxy) is 1. The number of rotatable bonds is 6. The topological polar surface area (TPSA) is 141 Å². The first kappa shape index (κ1) is 32.7. The highest BCUT2D eigenvalue weighted by Crippen LogP contribution is 2.66. The average molecular weight is 691 g/mol. The molecule has 1 aromatic heterocycles. The molecule has 3 aromatic rings. The summed E-state index contributed by atoms with van der Waals surface area (Å²) in [6, 6.07) is 10.9. The number of hydrogen-bond acceptors (Lipinski definition) is 7. The molecule has 2 bridgehead atoms. The van der Waals surface area contributed by atoms with Gasteiger partial charge in [0.15, 0.2) is 0 Å². The zero-order chi connectivity index (χ0) is 34.4. The van der Waals surface area contributed by atoms with Crippen molar-refractivity contribution in [2.45, 2.75) is 107 Å². The molecular formula is C37H46N4O7S. The van der Waals surface area contributed by atoms with Crippen molar-refractivity contribution < 1.29 is 33.0 Å². The molecule has 12 heteroatoms. The predicted molar refractivity (Wildman–Crippen MR) is 185 cm³/mol. The number of amides is 2. The molecule has 262 valence electrons. The van der Waals surface area contributed by atoms with E-state index in [1.54, 1.807) is 19.2 Å². The van der Waals surface area contributed by atoms with Gasteiger partial charge in [0, 0.05) is 48.6 Å². The highest BCUT2D eigenvalue weighted by Gasteiger charge is 2.66. The summed E-state index contributed by atoms with van der Waals surface area (Å²) >= 11 is 0. The van der Waals surface area contributed by atoms with Gasteiger partial charge in [-0.25, -0.2) is 4.72 Å². The van der Waals surface area contributed by atoms with Crippen molar-refractivity contribution in [3.05, 3.63) is 53.1 Å². The van der Waals surface area contributed by atoms with E-state index in [0.717, 1.165) is 63.5 Å². The van der Waals surface area contributed by atoms with Crippen molar-refractivity contribution in [2.75, 3.05) is 21.2 Å². The van der Waals surface area contributed by atoms with Crippen LogP contribution in [0.1, 0.15) is 97.5 Å². The number of hydrogen-bond donors (Lipinski definition) is 3. The fourth-order valence-electron chi connectivity index (χ4n) is 9.60. The Hall–Kier alpha value is -3.45. The van der Waals surface area contributed by atoms with Gasteiger partial charge < -0.3 is 24.4 Å². The van der Waals surface area contributed by atoms with Crippen LogP contribution in [0.25, 0.3) is 22.2 Å². The molecule has 6 atom stereocenters. The molecule has 3 N–H and O–H groups in total. The van der Waals surface area contributed by atoms with E-state index < -0.39 is 33.7 Å². The molecule has 4 fully saturated rings. The van der Waals surface area contributed by atoms with E-state index in [2.05, 4.69) is 21.4 Å². The van der Waals surface area contributed by atoms with Crippen LogP contribution in [0.15, 0.2) is 36.4 Å². The van der Waals surface area contributed by atoms with Crippen molar-refractivity contribution >= 4 is 32.9 Å². The monoisotopic (exact) mass is 690 g/mol. The lowest BCUT2D eigenvalue weighted by Crippen LogP contribution is -2.64. The summed E-state index contributed by atoms with van der Waals surface area (Å²) < 4.78 is 36.3. The molecule has 2 aromatic carbocycles. The van der Waals surface area contributed by atoms with E-state index in [9.17, 15) is 23.4 Å². The van der Waals surface area contributed by atoms with Gasteiger partial charge in [-0.15, -0.1) is 0 Å². The number of methoxy groups -OCH3 is 1. The van der Waals surface area contributed by atoms with Gasteiger partial charge in [-0.3, -0.25) is 9.59 Å². The van der Waals surface area contributed by atoms with Crippen LogP contribution in [0, 0.1) is 5.41 Å². The maximum Gasteiger partial charge on any atom is 0.303 e. The lowest BCUT2D eigenvalue weighted by molar-refractivity contribution is -0.162. The van der Waals surface area contributed by atoms with Crippen LogP contribution in [0.3, 0.4) is 0 Å². The van der Waals surface area contributed by atoms with Crippen molar-refractivity contribution in [3.8, 4) is 17.0 Å². The third-order valence-corrected chi connectivity index (χ3v) is 13.7. The number of fused-ring (bicyclic) bond motifs is 9. The second kappa shape index (κ2) is 11.8. The number of aliphatic hydroxyl groups excluding tert-OH is 2. The van der Waals surface area contributed by atoms with Crippen LogP contribution in [-0.2, 0) is 21.5 Å². The van der Waals surface area contributed by atoms with Gasteiger partial charge in [-0.05, 0) is 92.3 Å². The Morgan fingerprint density at radius 2 is 1.63 bits per heavy atom. The van der Waals surface area contributed by atoms with Crippen molar-refractivity contribution in [1.82, 2.24) is 18.5 Å². The predicted octanol–water partition coefficient (Wildman–Crippen LogP) is 4.26. The highest BCUT2D eigenvalue weighted by atomic mass is 32.2. The lowest BCUT2D eigenvalue weighted by atomic mass is 9.79. The van der Waals surface area contributed by atoms with Crippen molar-refractivity contribution in [2.24, 2.45) is 5.41 Å². The Morgan fingerprint density at radius 1 is 0.939 bits per heavy atom. The second-order valence-corrected chi connectivity index (χ2v) is 17.0. The fourth-order valence-corrected chi connectivity index (χ4v) is 10.1. The molecule has 2 saturated carbocycles. The first-order valence-corrected chi connectivity index (χ1v) is 19.2. The highest BCUT2D eigenvalue weighted by molar-refractivity contribution is 7.87. The third kappa shape index (κ3) is 5.12. The van der Waals surface area contributed by atoms with Crippen LogP contribution in [0.4, 0.5) is 0 Å². The minimum Gasteiger partial charge on any atom is -0.497 e. The third-order valence-electron chi connectivity index (χ3n) is 12.3. The molecule has 4 heterocycles. The maximum absolute atomic E-state index is 15.1. The molecule has 5 aliphatic rings. The molecule has 3 aliphatic heterocycles. The van der Waals surface area contributed by atoms with Gasteiger partial charge in [-0.2, -0.15) is 12.7 Å². The number of nitrogens with zero attached hydrogens (tertiary/aromatic N) is 3. The molecule has 2 aliphatic carbocycles. The van der Waals surface area contributed by atoms with E-state index in [-0.39, 0.29) is 29.5 Å². The first-order valence-electron chi connectivity index (χ1n) is 17.7. The van der Waals surface area contributed by atoms with Gasteiger partial charge >= 0.3 is 10.2 Å². The van der Waals surface area contributed by atoms with Crippen molar-refractivity contribution in [1.29, 1.82) is 0 Å². The zero-order valence-electron chi connectivity index (χ0n) is 28.4. The molecule has 2 saturated heterocycles. The lowest BCUT2D eigenvalue weighted by Gasteiger charge is -2.51.